The van der Waals surface area contributed by atoms with Gasteiger partial charge < -0.3 is 19.7 Å². The molecule has 0 bridgehead atoms. The molecule has 1 saturated heterocycles. The van der Waals surface area contributed by atoms with Crippen LogP contribution in [0.1, 0.15) is 83.6 Å². The molecule has 0 aromatic heterocycles. The number of allylic oxidation sites excluding steroid dienone is 1. The molecule has 4 aliphatic carbocycles. The maximum absolute atomic E-state index is 15.3. The predicted octanol–water partition coefficient (Wildman–Crippen LogP) is 7.88. The monoisotopic (exact) mass is 630 g/mol. The molecule has 1 aromatic rings. The van der Waals surface area contributed by atoms with Gasteiger partial charge in [0.05, 0.1) is 19.8 Å². The van der Waals surface area contributed by atoms with Gasteiger partial charge in [0.15, 0.2) is 5.79 Å². The van der Waals surface area contributed by atoms with Crippen molar-refractivity contribution < 1.29 is 41.6 Å². The van der Waals surface area contributed by atoms with Gasteiger partial charge in [-0.2, -0.15) is 22.0 Å². The van der Waals surface area contributed by atoms with Gasteiger partial charge in [-0.1, -0.05) is 44.1 Å². The molecule has 1 spiro atoms. The number of halogens is 5. The number of alkyl halides is 5. The van der Waals surface area contributed by atoms with Gasteiger partial charge in [-0.3, -0.25) is 0 Å². The number of aliphatic hydroxyl groups excluding tert-OH is 1. The van der Waals surface area contributed by atoms with Crippen LogP contribution in [0.5, 0.6) is 0 Å². The van der Waals surface area contributed by atoms with Crippen LogP contribution in [0.25, 0.3) is 0 Å². The molecular formula is C33H43F5O4S. The van der Waals surface area contributed by atoms with Crippen LogP contribution in [0.4, 0.5) is 22.0 Å². The van der Waals surface area contributed by atoms with Gasteiger partial charge in [0.2, 0.25) is 0 Å². The second-order valence-electron chi connectivity index (χ2n) is 14.9. The summed E-state index contributed by atoms with van der Waals surface area (Å²) in [4.78, 5) is 1.02. The Morgan fingerprint density at radius 2 is 1.60 bits per heavy atom. The molecular weight excluding hydrogens is 587 g/mol. The van der Waals surface area contributed by atoms with E-state index >= 15 is 8.78 Å². The molecule has 6 atom stereocenters. The number of thioether (sulfide) groups is 1. The molecule has 0 amide bonds. The minimum atomic E-state index is -5.86. The quantitative estimate of drug-likeness (QED) is 0.201. The standard InChI is InChI=1S/C33H43F5O4S/c1-27(2)18-41-30(42-19-27)13-10-25-26-22(9-12-29(25,16-30)17-39)24-11-14-31(40,32(34,35)33(36,37)38)28(24,3)15-23(26)20-5-7-21(43-4)8-6-20/h5-8,22-24,39-40H,9-19H2,1-4H3/t22?,23-,24?,28+,29+,31+/m1/s1. The maximum atomic E-state index is 15.3. The fraction of sp³-hybridized carbons (Fsp3) is 0.758. The van der Waals surface area contributed by atoms with Crippen LogP contribution < -0.4 is 0 Å². The van der Waals surface area contributed by atoms with Crippen molar-refractivity contribution in [3.63, 3.8) is 0 Å². The first-order valence-corrected chi connectivity index (χ1v) is 16.6. The number of hydrogen-bond donors (Lipinski definition) is 2. The lowest BCUT2D eigenvalue weighted by molar-refractivity contribution is -0.362. The van der Waals surface area contributed by atoms with Gasteiger partial charge in [0, 0.05) is 39.9 Å². The third-order valence-corrected chi connectivity index (χ3v) is 12.6. The van der Waals surface area contributed by atoms with E-state index in [0.717, 1.165) is 21.6 Å². The van der Waals surface area contributed by atoms with Crippen molar-refractivity contribution in [2.24, 2.45) is 28.1 Å². The van der Waals surface area contributed by atoms with Gasteiger partial charge in [0.1, 0.15) is 5.60 Å². The Labute approximate surface area is 254 Å². The van der Waals surface area contributed by atoms with Gasteiger partial charge in [-0.05, 0) is 74.3 Å². The van der Waals surface area contributed by atoms with Crippen LogP contribution in [0.2, 0.25) is 0 Å². The largest absolute Gasteiger partial charge is 0.456 e. The van der Waals surface area contributed by atoms with Crippen molar-refractivity contribution >= 4 is 11.8 Å². The second-order valence-corrected chi connectivity index (χ2v) is 15.8. The summed E-state index contributed by atoms with van der Waals surface area (Å²) in [6.07, 6.45) is -1.69. The Hall–Kier alpha value is -1.20. The van der Waals surface area contributed by atoms with Gasteiger partial charge in [-0.15, -0.1) is 11.8 Å². The van der Waals surface area contributed by atoms with Crippen molar-refractivity contribution in [1.29, 1.82) is 0 Å². The number of hydrogen-bond acceptors (Lipinski definition) is 5. The summed E-state index contributed by atoms with van der Waals surface area (Å²) >= 11 is 1.56. The summed E-state index contributed by atoms with van der Waals surface area (Å²) in [6, 6.07) is 7.78. The molecule has 5 aliphatic rings. The van der Waals surface area contributed by atoms with Gasteiger partial charge in [-0.25, -0.2) is 0 Å². The third kappa shape index (κ3) is 4.58. The molecule has 1 aliphatic heterocycles. The highest BCUT2D eigenvalue weighted by molar-refractivity contribution is 7.98. The molecule has 1 heterocycles. The zero-order chi connectivity index (χ0) is 31.3. The van der Waals surface area contributed by atoms with E-state index in [1.54, 1.807) is 11.8 Å². The first-order valence-electron chi connectivity index (χ1n) is 15.4. The van der Waals surface area contributed by atoms with Crippen molar-refractivity contribution in [3.8, 4) is 0 Å². The Bertz CT molecular complexity index is 1270. The number of aliphatic hydroxyl groups is 2. The van der Waals surface area contributed by atoms with E-state index in [1.165, 1.54) is 6.92 Å². The summed E-state index contributed by atoms with van der Waals surface area (Å²) in [5.41, 5.74) is -2.61. The van der Waals surface area contributed by atoms with Crippen LogP contribution in [0.3, 0.4) is 0 Å². The summed E-state index contributed by atoms with van der Waals surface area (Å²) in [6.45, 7) is 6.59. The fourth-order valence-electron chi connectivity index (χ4n) is 9.55. The highest BCUT2D eigenvalue weighted by atomic mass is 32.2. The number of fused-ring (bicyclic) bond motifs is 4. The Balaban J connectivity index is 1.47. The van der Waals surface area contributed by atoms with E-state index < -0.39 is 52.6 Å². The molecule has 6 rings (SSSR count). The van der Waals surface area contributed by atoms with Crippen LogP contribution in [-0.4, -0.2) is 59.8 Å². The Morgan fingerprint density at radius 3 is 2.19 bits per heavy atom. The predicted molar refractivity (Wildman–Crippen MR) is 154 cm³/mol. The number of benzene rings is 1. The average molecular weight is 631 g/mol. The van der Waals surface area contributed by atoms with Crippen LogP contribution in [0.15, 0.2) is 40.3 Å². The van der Waals surface area contributed by atoms with Crippen molar-refractivity contribution in [3.05, 3.63) is 41.0 Å². The zero-order valence-corrected chi connectivity index (χ0v) is 26.1. The van der Waals surface area contributed by atoms with Crippen LogP contribution >= 0.6 is 11.8 Å². The van der Waals surface area contributed by atoms with Gasteiger partial charge >= 0.3 is 12.1 Å². The van der Waals surface area contributed by atoms with E-state index in [2.05, 4.69) is 13.8 Å². The third-order valence-electron chi connectivity index (χ3n) is 11.9. The van der Waals surface area contributed by atoms with Crippen LogP contribution in [0, 0.1) is 28.1 Å². The second kappa shape index (κ2) is 10.1. The van der Waals surface area contributed by atoms with E-state index in [0.29, 0.717) is 45.3 Å². The van der Waals surface area contributed by atoms with E-state index in [4.69, 9.17) is 9.47 Å². The summed E-state index contributed by atoms with van der Waals surface area (Å²) < 4.78 is 84.9. The first-order chi connectivity index (χ1) is 20.0. The molecule has 0 radical (unpaired) electrons. The van der Waals surface area contributed by atoms with Crippen molar-refractivity contribution in [1.82, 2.24) is 0 Å². The first kappa shape index (κ1) is 31.8. The molecule has 1 aromatic carbocycles. The fourth-order valence-corrected chi connectivity index (χ4v) is 9.96. The average Bonchev–Trinajstić information content (AvgIpc) is 3.25. The van der Waals surface area contributed by atoms with E-state index in [9.17, 15) is 23.4 Å². The summed E-state index contributed by atoms with van der Waals surface area (Å²) in [5, 5.41) is 22.5. The lowest BCUT2D eigenvalue weighted by atomic mass is 9.47. The highest BCUT2D eigenvalue weighted by Gasteiger charge is 2.79. The highest BCUT2D eigenvalue weighted by Crippen LogP contribution is 2.72. The maximum Gasteiger partial charge on any atom is 0.456 e. The summed E-state index contributed by atoms with van der Waals surface area (Å²) in [7, 11) is 0. The smallest absolute Gasteiger partial charge is 0.395 e. The van der Waals surface area contributed by atoms with Crippen molar-refractivity contribution in [2.75, 3.05) is 26.1 Å². The minimum Gasteiger partial charge on any atom is -0.395 e. The Kier molecular flexibility index (Phi) is 7.50. The molecule has 4 fully saturated rings. The van der Waals surface area contributed by atoms with Crippen molar-refractivity contribution in [2.45, 2.75) is 106 Å². The lowest BCUT2D eigenvalue weighted by Gasteiger charge is -2.60. The van der Waals surface area contributed by atoms with Gasteiger partial charge in [0.25, 0.3) is 0 Å². The molecule has 2 unspecified atom stereocenters. The zero-order valence-electron chi connectivity index (χ0n) is 25.3. The van der Waals surface area contributed by atoms with Crippen LogP contribution in [-0.2, 0) is 9.47 Å². The van der Waals surface area contributed by atoms with E-state index in [-0.39, 0.29) is 30.8 Å². The normalized spacial score (nSPS) is 38.9. The number of ether oxygens (including phenoxy) is 2. The lowest BCUT2D eigenvalue weighted by Crippen LogP contribution is -2.65. The number of rotatable bonds is 4. The molecule has 10 heteroatoms. The Morgan fingerprint density at radius 1 is 0.953 bits per heavy atom. The topological polar surface area (TPSA) is 58.9 Å². The minimum absolute atomic E-state index is 0.0262. The SMILES string of the molecule is CSc1ccc([C@H]2C[C@@]3(C)C(CC[C@@]3(O)C(F)(F)C(F)(F)F)C3CC[C@@]4(CO)CC5(CCC4=C32)OCC(C)(C)CO5)cc1. The molecule has 43 heavy (non-hydrogen) atoms. The molecule has 3 saturated carbocycles. The molecule has 2 N–H and O–H groups in total. The summed E-state index contributed by atoms with van der Waals surface area (Å²) in [5.74, 6) is -7.32. The van der Waals surface area contributed by atoms with E-state index in [1.807, 2.05) is 30.5 Å². The molecule has 4 nitrogen and oxygen atoms in total. The molecule has 240 valence electrons.